The number of nitrogens with one attached hydrogen (secondary N) is 2. The van der Waals surface area contributed by atoms with Gasteiger partial charge in [-0.2, -0.15) is 11.8 Å². The Kier molecular flexibility index (Phi) is 11.3. The zero-order valence-corrected chi connectivity index (χ0v) is 18.2. The van der Waals surface area contributed by atoms with Crippen LogP contribution in [-0.2, 0) is 24.0 Å². The molecule has 12 nitrogen and oxygen atoms in total. The zero-order chi connectivity index (χ0) is 23.6. The Morgan fingerprint density at radius 1 is 1.13 bits per heavy atom. The number of aliphatic carboxylic acids is 1. The molecular formula is C18H31N5O7S. The van der Waals surface area contributed by atoms with Gasteiger partial charge in [0, 0.05) is 13.0 Å². The van der Waals surface area contributed by atoms with Gasteiger partial charge in [0.05, 0.1) is 12.6 Å². The predicted molar refractivity (Wildman–Crippen MR) is 113 cm³/mol. The Morgan fingerprint density at radius 3 is 2.32 bits per heavy atom. The molecule has 0 aliphatic carbocycles. The second kappa shape index (κ2) is 13.1. The number of nitrogens with zero attached hydrogens (tertiary/aromatic N) is 1. The third-order valence-electron chi connectivity index (χ3n) is 4.90. The number of hydrogen-bond acceptors (Lipinski definition) is 8. The highest BCUT2D eigenvalue weighted by molar-refractivity contribution is 7.98. The minimum Gasteiger partial charge on any atom is -0.480 e. The van der Waals surface area contributed by atoms with Crippen molar-refractivity contribution in [2.75, 3.05) is 25.2 Å². The fourth-order valence-electron chi connectivity index (χ4n) is 3.15. The van der Waals surface area contributed by atoms with Crippen LogP contribution in [0.4, 0.5) is 0 Å². The van der Waals surface area contributed by atoms with Gasteiger partial charge in [-0.05, 0) is 37.7 Å². The number of nitrogens with two attached hydrogens (primary N) is 2. The van der Waals surface area contributed by atoms with Crippen molar-refractivity contribution in [3.8, 4) is 0 Å². The molecule has 1 aliphatic rings. The first-order valence-corrected chi connectivity index (χ1v) is 11.3. The van der Waals surface area contributed by atoms with Crippen LogP contribution in [-0.4, -0.2) is 94.0 Å². The summed E-state index contributed by atoms with van der Waals surface area (Å²) in [7, 11) is 0. The van der Waals surface area contributed by atoms with Crippen molar-refractivity contribution >= 4 is 41.4 Å². The molecule has 1 rings (SSSR count). The summed E-state index contributed by atoms with van der Waals surface area (Å²) in [5, 5.41) is 23.6. The number of likely N-dealkylation sites (tertiary alicyclic amines) is 1. The number of hydrogen-bond donors (Lipinski definition) is 6. The predicted octanol–water partition coefficient (Wildman–Crippen LogP) is -2.63. The van der Waals surface area contributed by atoms with E-state index in [9.17, 15) is 34.2 Å². The van der Waals surface area contributed by atoms with Crippen molar-refractivity contribution in [2.24, 2.45) is 11.5 Å². The maximum atomic E-state index is 12.9. The van der Waals surface area contributed by atoms with Gasteiger partial charge in [0.15, 0.2) is 0 Å². The molecule has 8 N–H and O–H groups in total. The van der Waals surface area contributed by atoms with Gasteiger partial charge < -0.3 is 37.2 Å². The highest BCUT2D eigenvalue weighted by Gasteiger charge is 2.38. The van der Waals surface area contributed by atoms with Gasteiger partial charge in [-0.15, -0.1) is 0 Å². The molecule has 1 aliphatic heterocycles. The second-order valence-corrected chi connectivity index (χ2v) is 8.21. The van der Waals surface area contributed by atoms with Crippen LogP contribution in [0.2, 0.25) is 0 Å². The summed E-state index contributed by atoms with van der Waals surface area (Å²) >= 11 is 1.50. The molecule has 1 heterocycles. The average Bonchev–Trinajstić information content (AvgIpc) is 3.22. The lowest BCUT2D eigenvalue weighted by atomic mass is 10.1. The van der Waals surface area contributed by atoms with Gasteiger partial charge in [0.25, 0.3) is 0 Å². The molecule has 0 aromatic rings. The van der Waals surface area contributed by atoms with Crippen molar-refractivity contribution in [2.45, 2.75) is 56.3 Å². The average molecular weight is 462 g/mol. The van der Waals surface area contributed by atoms with Gasteiger partial charge in [0.1, 0.15) is 18.1 Å². The number of amides is 4. The number of aliphatic hydroxyl groups excluding tert-OH is 1. The SMILES string of the molecule is CSCCC(N)C(=O)NC(CO)C(=O)NC(CCC(N)=O)C(=O)N1CCCC1C(=O)O. The second-order valence-electron chi connectivity index (χ2n) is 7.23. The van der Waals surface area contributed by atoms with E-state index in [1.807, 2.05) is 6.26 Å². The van der Waals surface area contributed by atoms with Crippen LogP contribution in [0.3, 0.4) is 0 Å². The fraction of sp³-hybridized carbons (Fsp3) is 0.722. The summed E-state index contributed by atoms with van der Waals surface area (Å²) in [4.78, 5) is 61.4. The molecule has 4 unspecified atom stereocenters. The molecule has 4 amide bonds. The van der Waals surface area contributed by atoms with Gasteiger partial charge in [0.2, 0.25) is 23.6 Å². The first-order valence-electron chi connectivity index (χ1n) is 9.90. The summed E-state index contributed by atoms with van der Waals surface area (Å²) in [6.45, 7) is -0.547. The Bertz CT molecular complexity index is 678. The van der Waals surface area contributed by atoms with E-state index >= 15 is 0 Å². The van der Waals surface area contributed by atoms with Crippen molar-refractivity contribution in [3.63, 3.8) is 0 Å². The Morgan fingerprint density at radius 2 is 1.77 bits per heavy atom. The van der Waals surface area contributed by atoms with E-state index in [2.05, 4.69) is 10.6 Å². The molecule has 13 heteroatoms. The van der Waals surface area contributed by atoms with Gasteiger partial charge in [-0.1, -0.05) is 0 Å². The van der Waals surface area contributed by atoms with E-state index in [1.54, 1.807) is 0 Å². The number of carbonyl (C=O) groups excluding carboxylic acids is 4. The molecule has 176 valence electrons. The van der Waals surface area contributed by atoms with Crippen LogP contribution < -0.4 is 22.1 Å². The number of carboxylic acids is 1. The van der Waals surface area contributed by atoms with Crippen molar-refractivity contribution in [1.29, 1.82) is 0 Å². The fourth-order valence-corrected chi connectivity index (χ4v) is 3.64. The molecule has 1 fully saturated rings. The summed E-state index contributed by atoms with van der Waals surface area (Å²) in [5.41, 5.74) is 10.9. The van der Waals surface area contributed by atoms with Crippen molar-refractivity contribution in [1.82, 2.24) is 15.5 Å². The third-order valence-corrected chi connectivity index (χ3v) is 5.54. The van der Waals surface area contributed by atoms with Crippen LogP contribution in [0.5, 0.6) is 0 Å². The molecule has 0 radical (unpaired) electrons. The normalized spacial score (nSPS) is 18.7. The van der Waals surface area contributed by atoms with E-state index in [0.29, 0.717) is 18.6 Å². The quantitative estimate of drug-likeness (QED) is 0.169. The third kappa shape index (κ3) is 8.34. The molecule has 0 saturated carbocycles. The number of rotatable bonds is 13. The lowest BCUT2D eigenvalue weighted by Crippen LogP contribution is -2.58. The topological polar surface area (TPSA) is 205 Å². The van der Waals surface area contributed by atoms with E-state index in [-0.39, 0.29) is 25.8 Å². The summed E-state index contributed by atoms with van der Waals surface area (Å²) in [5.74, 6) is -3.38. The highest BCUT2D eigenvalue weighted by Crippen LogP contribution is 2.19. The summed E-state index contributed by atoms with van der Waals surface area (Å²) < 4.78 is 0. The molecular weight excluding hydrogens is 430 g/mol. The lowest BCUT2D eigenvalue weighted by molar-refractivity contribution is -0.149. The number of primary amides is 1. The summed E-state index contributed by atoms with van der Waals surface area (Å²) in [6, 6.07) is -4.51. The lowest BCUT2D eigenvalue weighted by Gasteiger charge is -2.28. The summed E-state index contributed by atoms with van der Waals surface area (Å²) in [6.07, 6.45) is 2.62. The Balaban J connectivity index is 2.87. The number of aliphatic hydroxyl groups is 1. The number of carboxylic acid groups (broad SMARTS) is 1. The van der Waals surface area contributed by atoms with Crippen LogP contribution in [0, 0.1) is 0 Å². The monoisotopic (exact) mass is 461 g/mol. The minimum atomic E-state index is -1.37. The number of carbonyl (C=O) groups is 5. The van der Waals surface area contributed by atoms with E-state index < -0.39 is 60.4 Å². The molecule has 4 atom stereocenters. The Hall–Kier alpha value is -2.38. The maximum Gasteiger partial charge on any atom is 0.326 e. The van der Waals surface area contributed by atoms with E-state index in [1.165, 1.54) is 11.8 Å². The van der Waals surface area contributed by atoms with Crippen molar-refractivity contribution < 1.29 is 34.2 Å². The van der Waals surface area contributed by atoms with Crippen LogP contribution in [0.25, 0.3) is 0 Å². The van der Waals surface area contributed by atoms with E-state index in [0.717, 1.165) is 4.90 Å². The zero-order valence-electron chi connectivity index (χ0n) is 17.4. The minimum absolute atomic E-state index is 0.151. The molecule has 0 aromatic heterocycles. The standard InChI is InChI=1S/C18H31N5O7S/c1-31-8-6-10(19)15(26)22-12(9-24)16(27)21-11(4-5-14(20)25)17(28)23-7-2-3-13(23)18(29)30/h10-13,24H,2-9,19H2,1H3,(H2,20,25)(H,21,27)(H,22,26)(H,29,30). The molecule has 0 aromatic carbocycles. The first-order chi connectivity index (χ1) is 14.6. The van der Waals surface area contributed by atoms with Gasteiger partial charge in [-0.25, -0.2) is 4.79 Å². The first kappa shape index (κ1) is 26.7. The maximum absolute atomic E-state index is 12.9. The Labute approximate surface area is 184 Å². The largest absolute Gasteiger partial charge is 0.480 e. The molecule has 1 saturated heterocycles. The van der Waals surface area contributed by atoms with Crippen LogP contribution in [0.1, 0.15) is 32.1 Å². The van der Waals surface area contributed by atoms with Gasteiger partial charge >= 0.3 is 5.97 Å². The molecule has 0 spiro atoms. The smallest absolute Gasteiger partial charge is 0.326 e. The van der Waals surface area contributed by atoms with Gasteiger partial charge in [-0.3, -0.25) is 19.2 Å². The highest BCUT2D eigenvalue weighted by atomic mass is 32.2. The van der Waals surface area contributed by atoms with Crippen molar-refractivity contribution in [3.05, 3.63) is 0 Å². The van der Waals surface area contributed by atoms with Crippen LogP contribution >= 0.6 is 11.8 Å². The molecule has 0 bridgehead atoms. The van der Waals surface area contributed by atoms with Crippen LogP contribution in [0.15, 0.2) is 0 Å². The van der Waals surface area contributed by atoms with E-state index in [4.69, 9.17) is 11.5 Å². The number of thioether (sulfide) groups is 1. The molecule has 31 heavy (non-hydrogen) atoms.